The summed E-state index contributed by atoms with van der Waals surface area (Å²) in [5.74, 6) is -18.8. The monoisotopic (exact) mass is 1500 g/mol. The molecule has 6 aliphatic rings. The summed E-state index contributed by atoms with van der Waals surface area (Å²) in [6.45, 7) is 10.3. The Hall–Kier alpha value is -7.15. The van der Waals surface area contributed by atoms with Crippen molar-refractivity contribution in [3.8, 4) is 0 Å². The Bertz CT molecular complexity index is 3150. The molecule has 3 N–H and O–H groups in total. The van der Waals surface area contributed by atoms with Gasteiger partial charge in [-0.3, -0.25) is 57.5 Å². The van der Waals surface area contributed by atoms with Crippen molar-refractivity contribution < 1.29 is 93.0 Å². The van der Waals surface area contributed by atoms with Gasteiger partial charge in [-0.25, -0.2) is 17.6 Å². The first-order chi connectivity index (χ1) is 48.9. The maximum atomic E-state index is 15.6. The summed E-state index contributed by atoms with van der Waals surface area (Å²) in [4.78, 5) is 190. The lowest BCUT2D eigenvalue weighted by Crippen LogP contribution is -2.71. The lowest BCUT2D eigenvalue weighted by atomic mass is 9.58. The zero-order valence-corrected chi connectivity index (χ0v) is 64.1. The molecule has 105 heavy (non-hydrogen) atoms. The normalized spacial score (nSPS) is 31.2. The smallest absolute Gasteiger partial charge is 0.382 e. The van der Waals surface area contributed by atoms with Crippen LogP contribution in [0.1, 0.15) is 164 Å². The van der Waals surface area contributed by atoms with Crippen LogP contribution in [0.3, 0.4) is 0 Å². The number of likely N-dealkylation sites (N-methyl/N-ethyl adjacent to an activating group) is 7. The quantitative estimate of drug-likeness (QED) is 0.152. The molecule has 3 aliphatic heterocycles. The van der Waals surface area contributed by atoms with Crippen molar-refractivity contribution in [2.75, 3.05) is 96.3 Å². The van der Waals surface area contributed by atoms with Gasteiger partial charge in [0.15, 0.2) is 0 Å². The zero-order chi connectivity index (χ0) is 78.9. The van der Waals surface area contributed by atoms with Crippen molar-refractivity contribution in [3.63, 3.8) is 0 Å². The maximum absolute atomic E-state index is 15.6. The number of halogens is 7. The van der Waals surface area contributed by atoms with E-state index in [9.17, 15) is 50.7 Å². The summed E-state index contributed by atoms with van der Waals surface area (Å²) in [6.07, 6.45) is -10.2. The summed E-state index contributed by atoms with van der Waals surface area (Å²) in [5, 5.41) is 8.38. The molecule has 594 valence electrons. The second-order valence-corrected chi connectivity index (χ2v) is 31.7. The number of amides is 12. The van der Waals surface area contributed by atoms with Crippen LogP contribution in [-0.4, -0.2) is 290 Å². The van der Waals surface area contributed by atoms with Gasteiger partial charge < -0.3 is 64.8 Å². The van der Waals surface area contributed by atoms with Crippen molar-refractivity contribution in [1.29, 1.82) is 0 Å². The first-order valence-corrected chi connectivity index (χ1v) is 37.1. The van der Waals surface area contributed by atoms with Crippen LogP contribution in [0.15, 0.2) is 12.2 Å². The number of ether oxygens (including phenoxy) is 1. The second-order valence-electron chi connectivity index (χ2n) is 31.7. The van der Waals surface area contributed by atoms with Gasteiger partial charge in [0, 0.05) is 89.4 Å². The third-order valence-electron chi connectivity index (χ3n) is 22.9. The van der Waals surface area contributed by atoms with E-state index in [2.05, 4.69) is 16.0 Å². The van der Waals surface area contributed by atoms with Crippen LogP contribution >= 0.6 is 0 Å². The molecule has 0 aromatic rings. The predicted molar refractivity (Wildman–Crippen MR) is 374 cm³/mol. The zero-order valence-electron chi connectivity index (χ0n) is 64.1. The number of alkyl halides is 7. The molecule has 1 spiro atoms. The maximum Gasteiger partial charge on any atom is 0.397 e. The molecule has 2 bridgehead atoms. The van der Waals surface area contributed by atoms with Crippen molar-refractivity contribution in [1.82, 2.24) is 60.0 Å². The molecule has 0 radical (unpaired) electrons. The van der Waals surface area contributed by atoms with Gasteiger partial charge in [-0.05, 0) is 112 Å². The molecule has 2 unspecified atom stereocenters. The standard InChI is InChI=1S/C73H115F7N12O13/c1-17-43(5)59-67(102)86(11)38-57(95)87(12)50-23-21-20-22-30-91(66(50)101)53(34-44-26-28-72(76,77)29-27-44)65(100)85(10)37-55(93)81-49(25-24-45-32-47(74)58(48(75)33-45)73(78,79)80)63(98)92-36-42(4)31-51(92)62(97)83-71(40-70(6,7)41-71)69(104)90(15)60(46(18-2)19-3)68(103)89(14)52(64(99)84(8)9)35-56(94)88(13)54(39-105-16)61(96)82-59/h20-21,42-54,58-60H,17-19,22-41H2,1-16H3,(H,81,93)(H,82,96)(H,83,97)/b21-20-/t42-,43-,45?,47?,48?,49-,50-,51-,52-,53-,54-,58?,59-,60-/m0/s1. The number of carbonyl (C=O) groups is 12. The van der Waals surface area contributed by atoms with Gasteiger partial charge in [0.25, 0.3) is 0 Å². The number of nitrogens with zero attached hydrogens (tertiary/aromatic N) is 9. The average molecular weight is 1500 g/mol. The lowest BCUT2D eigenvalue weighted by Gasteiger charge is -2.54. The highest BCUT2D eigenvalue weighted by molar-refractivity contribution is 6.01. The second kappa shape index (κ2) is 36.2. The molecular weight excluding hydrogens is 1390 g/mol. The Labute approximate surface area is 613 Å². The van der Waals surface area contributed by atoms with E-state index >= 15 is 37.5 Å². The number of rotatable bonds is 13. The molecule has 3 heterocycles. The van der Waals surface area contributed by atoms with Gasteiger partial charge >= 0.3 is 6.18 Å². The minimum Gasteiger partial charge on any atom is -0.382 e. The fraction of sp³-hybridized carbons (Fsp3) is 0.808. The highest BCUT2D eigenvalue weighted by Gasteiger charge is 2.60. The lowest BCUT2D eigenvalue weighted by molar-refractivity contribution is -0.219. The Morgan fingerprint density at radius 3 is 1.84 bits per heavy atom. The van der Waals surface area contributed by atoms with Crippen LogP contribution in [0.4, 0.5) is 30.7 Å². The summed E-state index contributed by atoms with van der Waals surface area (Å²) in [5.41, 5.74) is -2.32. The van der Waals surface area contributed by atoms with Gasteiger partial charge in [0.05, 0.1) is 26.1 Å². The van der Waals surface area contributed by atoms with Gasteiger partial charge in [0.2, 0.25) is 76.8 Å². The molecule has 6 rings (SSSR count). The Kier molecular flexibility index (Phi) is 29.9. The molecular formula is C73H115F7N12O13. The molecule has 5 fully saturated rings. The molecule has 3 saturated carbocycles. The summed E-state index contributed by atoms with van der Waals surface area (Å²) in [7, 11) is 12.0. The van der Waals surface area contributed by atoms with Gasteiger partial charge in [0.1, 0.15) is 72.1 Å². The molecule has 0 aromatic carbocycles. The van der Waals surface area contributed by atoms with Crippen LogP contribution in [0.25, 0.3) is 0 Å². The van der Waals surface area contributed by atoms with E-state index in [-0.39, 0.29) is 70.9 Å². The molecule has 2 saturated heterocycles. The van der Waals surface area contributed by atoms with E-state index in [1.54, 1.807) is 46.8 Å². The number of carbonyl (C=O) groups excluding carboxylic acids is 12. The molecule has 25 nitrogen and oxygen atoms in total. The molecule has 12 amide bonds. The van der Waals surface area contributed by atoms with E-state index in [1.807, 2.05) is 13.8 Å². The van der Waals surface area contributed by atoms with Crippen LogP contribution in [0.2, 0.25) is 0 Å². The average Bonchev–Trinajstić information content (AvgIpc) is 1.39. The largest absolute Gasteiger partial charge is 0.397 e. The van der Waals surface area contributed by atoms with Crippen LogP contribution in [0.5, 0.6) is 0 Å². The van der Waals surface area contributed by atoms with E-state index in [0.29, 0.717) is 19.3 Å². The topological polar surface area (TPSA) is 279 Å². The highest BCUT2D eigenvalue weighted by atomic mass is 19.4. The minimum atomic E-state index is -5.20. The van der Waals surface area contributed by atoms with E-state index in [1.165, 1.54) is 83.1 Å². The Balaban J connectivity index is 1.48. The number of methoxy groups -OCH3 is 1. The first-order valence-electron chi connectivity index (χ1n) is 37.1. The molecule has 12 atom stereocenters. The number of nitrogens with one attached hydrogen (secondary N) is 3. The third kappa shape index (κ3) is 21.0. The number of fused-ring (bicyclic) bond motifs is 3. The fourth-order valence-corrected chi connectivity index (χ4v) is 16.6. The highest BCUT2D eigenvalue weighted by Crippen LogP contribution is 2.50. The predicted octanol–water partition coefficient (Wildman–Crippen LogP) is 5.52. The molecule has 32 heteroatoms. The van der Waals surface area contributed by atoms with Crippen LogP contribution in [-0.2, 0) is 62.3 Å². The summed E-state index contributed by atoms with van der Waals surface area (Å²) < 4.78 is 108. The van der Waals surface area contributed by atoms with E-state index < -0.39 is 248 Å². The van der Waals surface area contributed by atoms with Crippen molar-refractivity contribution >= 4 is 70.9 Å². The van der Waals surface area contributed by atoms with Gasteiger partial charge in [-0.2, -0.15) is 13.2 Å². The summed E-state index contributed by atoms with van der Waals surface area (Å²) >= 11 is 0. The van der Waals surface area contributed by atoms with Crippen molar-refractivity contribution in [2.24, 2.45) is 40.9 Å². The molecule has 0 aromatic heterocycles. The van der Waals surface area contributed by atoms with Crippen LogP contribution < -0.4 is 16.0 Å². The SMILES string of the molecule is CCC(CC)[C@H]1C(=O)N(C)[C@H](C(=O)N(C)C)CC(=O)N(C)[C@@H](COC)C(=O)N[C@@H]([C@@H](C)CC)C(=O)N(C)CC(=O)N(C)[C@H]2C/C=C\CCN(C2=O)[C@@H](CC2CCC(F)(F)CC2)C(=O)N(C)CC(=O)N[C@@H](CCC2CC(F)C(C(F)(F)F)C(F)C2)C(=O)N2C[C@@H](C)C[C@H]2C(=O)NC2(CC(C)(C)C2)C(=O)N1C. The third-order valence-corrected chi connectivity index (χ3v) is 22.9. The van der Waals surface area contributed by atoms with Crippen molar-refractivity contribution in [2.45, 2.75) is 242 Å². The first kappa shape index (κ1) is 86.8. The minimum absolute atomic E-state index is 0.00435. The van der Waals surface area contributed by atoms with E-state index in [4.69, 9.17) is 4.74 Å². The Morgan fingerprint density at radius 1 is 0.686 bits per heavy atom. The molecule has 3 aliphatic carbocycles. The van der Waals surface area contributed by atoms with E-state index in [0.717, 1.165) is 24.5 Å². The van der Waals surface area contributed by atoms with Gasteiger partial charge in [-0.1, -0.05) is 79.9 Å². The van der Waals surface area contributed by atoms with Crippen molar-refractivity contribution in [3.05, 3.63) is 12.2 Å². The number of hydrogen-bond donors (Lipinski definition) is 3. The van der Waals surface area contributed by atoms with Gasteiger partial charge in [-0.15, -0.1) is 0 Å². The Morgan fingerprint density at radius 2 is 1.29 bits per heavy atom. The number of hydrogen-bond acceptors (Lipinski definition) is 13. The van der Waals surface area contributed by atoms with Crippen LogP contribution in [0, 0.1) is 40.9 Å². The summed E-state index contributed by atoms with van der Waals surface area (Å²) in [6, 6.07) is -11.5. The fourth-order valence-electron chi connectivity index (χ4n) is 16.6.